The summed E-state index contributed by atoms with van der Waals surface area (Å²) in [6, 6.07) is 12.4. The summed E-state index contributed by atoms with van der Waals surface area (Å²) in [4.78, 5) is 2.35. The number of benzene rings is 1. The highest BCUT2D eigenvalue weighted by Crippen LogP contribution is 2.26. The van der Waals surface area contributed by atoms with Crippen LogP contribution in [-0.4, -0.2) is 28.7 Å². The first kappa shape index (κ1) is 13.4. The van der Waals surface area contributed by atoms with E-state index in [0.29, 0.717) is 6.42 Å². The lowest BCUT2D eigenvalue weighted by Crippen LogP contribution is -2.49. The van der Waals surface area contributed by atoms with Gasteiger partial charge in [-0.05, 0) is 36.6 Å². The quantitative estimate of drug-likeness (QED) is 0.929. The molecule has 0 amide bonds. The lowest BCUT2D eigenvalue weighted by Gasteiger charge is -2.39. The van der Waals surface area contributed by atoms with Crippen molar-refractivity contribution < 1.29 is 9.52 Å². The molecule has 0 spiro atoms. The van der Waals surface area contributed by atoms with Gasteiger partial charge in [0.2, 0.25) is 0 Å². The molecular weight excluding hydrogens is 250 g/mol. The molecule has 0 radical (unpaired) electrons. The number of rotatable bonds is 4. The van der Waals surface area contributed by atoms with Crippen molar-refractivity contribution in [3.63, 3.8) is 0 Å². The molecule has 1 aromatic heterocycles. The Balaban J connectivity index is 1.64. The van der Waals surface area contributed by atoms with Crippen molar-refractivity contribution in [2.75, 3.05) is 13.1 Å². The van der Waals surface area contributed by atoms with Gasteiger partial charge in [-0.3, -0.25) is 4.90 Å². The zero-order valence-corrected chi connectivity index (χ0v) is 11.7. The predicted octanol–water partition coefficient (Wildman–Crippen LogP) is 2.85. The molecule has 2 heterocycles. The molecule has 2 aromatic rings. The Morgan fingerprint density at radius 3 is 2.75 bits per heavy atom. The van der Waals surface area contributed by atoms with Gasteiger partial charge < -0.3 is 9.52 Å². The van der Waals surface area contributed by atoms with Crippen LogP contribution in [-0.2, 0) is 13.0 Å². The maximum atomic E-state index is 10.8. The maximum Gasteiger partial charge on any atom is 0.0935 e. The van der Waals surface area contributed by atoms with Gasteiger partial charge in [-0.2, -0.15) is 0 Å². The Labute approximate surface area is 119 Å². The zero-order chi connectivity index (χ0) is 13.8. The fourth-order valence-electron chi connectivity index (χ4n) is 3.10. The standard InChI is InChI=1S/C17H21NO2/c19-17(11-16-7-10-20-13-16)8-4-9-18(14-17)12-15-5-2-1-3-6-15/h1-3,5-7,10,13,19H,4,8-9,11-12,14H2. The van der Waals surface area contributed by atoms with Gasteiger partial charge in [0.05, 0.1) is 18.1 Å². The van der Waals surface area contributed by atoms with Gasteiger partial charge in [-0.25, -0.2) is 0 Å². The topological polar surface area (TPSA) is 36.6 Å². The van der Waals surface area contributed by atoms with E-state index in [1.165, 1.54) is 5.56 Å². The van der Waals surface area contributed by atoms with E-state index < -0.39 is 5.60 Å². The van der Waals surface area contributed by atoms with Crippen LogP contribution in [0.25, 0.3) is 0 Å². The molecule has 3 rings (SSSR count). The molecular formula is C17H21NO2. The van der Waals surface area contributed by atoms with Crippen LogP contribution in [0.2, 0.25) is 0 Å². The van der Waals surface area contributed by atoms with Crippen molar-refractivity contribution in [2.24, 2.45) is 0 Å². The van der Waals surface area contributed by atoms with Crippen molar-refractivity contribution in [2.45, 2.75) is 31.4 Å². The van der Waals surface area contributed by atoms with Crippen LogP contribution < -0.4 is 0 Å². The van der Waals surface area contributed by atoms with Crippen molar-refractivity contribution in [1.82, 2.24) is 4.90 Å². The lowest BCUT2D eigenvalue weighted by molar-refractivity contribution is -0.0327. The second-order valence-corrected chi connectivity index (χ2v) is 5.83. The molecule has 1 unspecified atom stereocenters. The molecule has 0 aliphatic carbocycles. The summed E-state index contributed by atoms with van der Waals surface area (Å²) in [5, 5.41) is 10.8. The summed E-state index contributed by atoms with van der Waals surface area (Å²) in [6.07, 6.45) is 5.98. The Bertz CT molecular complexity index is 523. The third kappa shape index (κ3) is 3.30. The molecule has 1 aliphatic heterocycles. The third-order valence-corrected chi connectivity index (χ3v) is 4.00. The van der Waals surface area contributed by atoms with Crippen LogP contribution in [0, 0.1) is 0 Å². The van der Waals surface area contributed by atoms with Crippen LogP contribution in [0.1, 0.15) is 24.0 Å². The number of nitrogens with zero attached hydrogens (tertiary/aromatic N) is 1. The summed E-state index contributed by atoms with van der Waals surface area (Å²) in [5.41, 5.74) is 1.76. The van der Waals surface area contributed by atoms with Crippen molar-refractivity contribution >= 4 is 0 Å². The number of β-amino-alcohol motifs (C(OH)–C–C–N with tert-alkyl or cyclic N) is 1. The largest absolute Gasteiger partial charge is 0.472 e. The van der Waals surface area contributed by atoms with Gasteiger partial charge in [0.15, 0.2) is 0 Å². The highest BCUT2D eigenvalue weighted by molar-refractivity contribution is 5.15. The second kappa shape index (κ2) is 5.81. The van der Waals surface area contributed by atoms with Gasteiger partial charge in [-0.1, -0.05) is 30.3 Å². The normalized spacial score (nSPS) is 23.9. The van der Waals surface area contributed by atoms with E-state index in [4.69, 9.17) is 4.42 Å². The summed E-state index contributed by atoms with van der Waals surface area (Å²) in [6.45, 7) is 2.70. The maximum absolute atomic E-state index is 10.8. The average molecular weight is 271 g/mol. The SMILES string of the molecule is OC1(Cc2ccoc2)CCCN(Cc2ccccc2)C1. The minimum absolute atomic E-state index is 0.628. The van der Waals surface area contributed by atoms with Gasteiger partial charge >= 0.3 is 0 Å². The molecule has 106 valence electrons. The molecule has 3 heteroatoms. The monoisotopic (exact) mass is 271 g/mol. The number of hydrogen-bond donors (Lipinski definition) is 1. The van der Waals surface area contributed by atoms with Crippen LogP contribution >= 0.6 is 0 Å². The number of aliphatic hydroxyl groups is 1. The Hall–Kier alpha value is -1.58. The summed E-state index contributed by atoms with van der Waals surface area (Å²) >= 11 is 0. The van der Waals surface area contributed by atoms with E-state index in [1.807, 2.05) is 12.1 Å². The second-order valence-electron chi connectivity index (χ2n) is 5.83. The molecule has 0 bridgehead atoms. The van der Waals surface area contributed by atoms with Crippen LogP contribution in [0.15, 0.2) is 53.3 Å². The fourth-order valence-corrected chi connectivity index (χ4v) is 3.10. The first-order valence-corrected chi connectivity index (χ1v) is 7.23. The predicted molar refractivity (Wildman–Crippen MR) is 78.3 cm³/mol. The molecule has 1 N–H and O–H groups in total. The van der Waals surface area contributed by atoms with Crippen molar-refractivity contribution in [3.8, 4) is 0 Å². The Kier molecular flexibility index (Phi) is 3.90. The molecule has 3 nitrogen and oxygen atoms in total. The van der Waals surface area contributed by atoms with Crippen LogP contribution in [0.3, 0.4) is 0 Å². The number of piperidine rings is 1. The van der Waals surface area contributed by atoms with Crippen molar-refractivity contribution in [1.29, 1.82) is 0 Å². The van der Waals surface area contributed by atoms with Crippen LogP contribution in [0.4, 0.5) is 0 Å². The van der Waals surface area contributed by atoms with E-state index in [0.717, 1.165) is 38.0 Å². The van der Waals surface area contributed by atoms with Crippen molar-refractivity contribution in [3.05, 3.63) is 60.1 Å². The van der Waals surface area contributed by atoms with E-state index in [-0.39, 0.29) is 0 Å². The molecule has 20 heavy (non-hydrogen) atoms. The number of likely N-dealkylation sites (tertiary alicyclic amines) is 1. The summed E-state index contributed by atoms with van der Waals surface area (Å²) < 4.78 is 5.10. The third-order valence-electron chi connectivity index (χ3n) is 4.00. The van der Waals surface area contributed by atoms with Gasteiger partial charge in [0.25, 0.3) is 0 Å². The lowest BCUT2D eigenvalue weighted by atomic mass is 9.87. The highest BCUT2D eigenvalue weighted by Gasteiger charge is 2.33. The molecule has 1 aliphatic rings. The van der Waals surface area contributed by atoms with Gasteiger partial charge in [0, 0.05) is 19.5 Å². The molecule has 0 saturated carbocycles. The molecule has 1 atom stereocenters. The summed E-state index contributed by atoms with van der Waals surface area (Å²) in [7, 11) is 0. The number of hydrogen-bond acceptors (Lipinski definition) is 3. The summed E-state index contributed by atoms with van der Waals surface area (Å²) in [5.74, 6) is 0. The molecule has 1 saturated heterocycles. The highest BCUT2D eigenvalue weighted by atomic mass is 16.3. The minimum atomic E-state index is -0.628. The Morgan fingerprint density at radius 2 is 2.00 bits per heavy atom. The first-order chi connectivity index (χ1) is 9.73. The fraction of sp³-hybridized carbons (Fsp3) is 0.412. The smallest absolute Gasteiger partial charge is 0.0935 e. The zero-order valence-electron chi connectivity index (χ0n) is 11.7. The van der Waals surface area contributed by atoms with E-state index in [2.05, 4.69) is 29.2 Å². The van der Waals surface area contributed by atoms with Crippen LogP contribution in [0.5, 0.6) is 0 Å². The minimum Gasteiger partial charge on any atom is -0.472 e. The van der Waals surface area contributed by atoms with E-state index >= 15 is 0 Å². The molecule has 1 aromatic carbocycles. The van der Waals surface area contributed by atoms with E-state index in [9.17, 15) is 5.11 Å². The Morgan fingerprint density at radius 1 is 1.15 bits per heavy atom. The average Bonchev–Trinajstić information content (AvgIpc) is 2.92. The number of furan rings is 1. The van der Waals surface area contributed by atoms with E-state index in [1.54, 1.807) is 12.5 Å². The molecule has 1 fully saturated rings. The van der Waals surface area contributed by atoms with Gasteiger partial charge in [-0.15, -0.1) is 0 Å². The first-order valence-electron chi connectivity index (χ1n) is 7.23. The van der Waals surface area contributed by atoms with Gasteiger partial charge in [0.1, 0.15) is 0 Å².